The number of nitrogens with one attached hydrogen (secondary N) is 2. The maximum Gasteiger partial charge on any atom is 0.270 e. The highest BCUT2D eigenvalue weighted by Gasteiger charge is 2.16. The Labute approximate surface area is 142 Å². The molecule has 1 heterocycles. The number of nitrogens with zero attached hydrogens (tertiary/aromatic N) is 2. The normalized spacial score (nSPS) is 12.0. The number of rotatable bonds is 6. The molecule has 0 spiro atoms. The number of benzene rings is 1. The number of para-hydroxylation sites is 1. The summed E-state index contributed by atoms with van der Waals surface area (Å²) < 4.78 is 4.83. The van der Waals surface area contributed by atoms with Crippen molar-refractivity contribution in [3.63, 3.8) is 0 Å². The second kappa shape index (κ2) is 8.11. The lowest BCUT2D eigenvalue weighted by atomic mass is 10.3. The second-order valence-corrected chi connectivity index (χ2v) is 5.17. The molecule has 0 aliphatic heterocycles. The van der Waals surface area contributed by atoms with E-state index in [9.17, 15) is 9.59 Å². The van der Waals surface area contributed by atoms with Gasteiger partial charge in [0, 0.05) is 6.07 Å². The van der Waals surface area contributed by atoms with Gasteiger partial charge in [-0.1, -0.05) is 34.0 Å². The van der Waals surface area contributed by atoms with Crippen molar-refractivity contribution in [2.24, 2.45) is 5.16 Å². The predicted octanol–water partition coefficient (Wildman–Crippen LogP) is 2.60. The third-order valence-corrected chi connectivity index (χ3v) is 3.10. The number of carbonyl (C=O) groups is 2. The van der Waals surface area contributed by atoms with Crippen LogP contribution in [0, 0.1) is 6.92 Å². The molecule has 2 rings (SSSR count). The SMILES string of the molecule is Cc1cc(NC(=O)C(C)ON=CC(=O)Nc2ccccc2Cl)no1. The zero-order valence-corrected chi connectivity index (χ0v) is 13.7. The largest absolute Gasteiger partial charge is 0.383 e. The predicted molar refractivity (Wildman–Crippen MR) is 89.0 cm³/mol. The van der Waals surface area contributed by atoms with Crippen LogP contribution >= 0.6 is 11.6 Å². The fourth-order valence-corrected chi connectivity index (χ4v) is 1.78. The van der Waals surface area contributed by atoms with Gasteiger partial charge in [0.1, 0.15) is 12.0 Å². The molecule has 0 saturated carbocycles. The summed E-state index contributed by atoms with van der Waals surface area (Å²) in [6.45, 7) is 3.18. The first-order valence-electron chi connectivity index (χ1n) is 6.94. The first-order valence-corrected chi connectivity index (χ1v) is 7.32. The summed E-state index contributed by atoms with van der Waals surface area (Å²) >= 11 is 5.92. The smallest absolute Gasteiger partial charge is 0.270 e. The highest BCUT2D eigenvalue weighted by Crippen LogP contribution is 2.19. The van der Waals surface area contributed by atoms with Crippen molar-refractivity contribution in [3.05, 3.63) is 41.1 Å². The number of aromatic nitrogens is 1. The van der Waals surface area contributed by atoms with E-state index in [1.807, 2.05) is 0 Å². The van der Waals surface area contributed by atoms with E-state index < -0.39 is 17.9 Å². The zero-order chi connectivity index (χ0) is 17.5. The fourth-order valence-electron chi connectivity index (χ4n) is 1.60. The van der Waals surface area contributed by atoms with Gasteiger partial charge in [-0.3, -0.25) is 9.59 Å². The maximum atomic E-state index is 11.8. The van der Waals surface area contributed by atoms with Crippen LogP contribution in [0.2, 0.25) is 5.02 Å². The van der Waals surface area contributed by atoms with Crippen molar-refractivity contribution in [2.45, 2.75) is 20.0 Å². The van der Waals surface area contributed by atoms with Crippen LogP contribution in [0.15, 0.2) is 40.0 Å². The number of anilines is 2. The molecule has 126 valence electrons. The van der Waals surface area contributed by atoms with Gasteiger partial charge in [-0.05, 0) is 26.0 Å². The molecule has 0 aliphatic carbocycles. The fraction of sp³-hybridized carbons (Fsp3) is 0.200. The number of halogens is 1. The minimum absolute atomic E-state index is 0.272. The van der Waals surface area contributed by atoms with Crippen LogP contribution in [0.1, 0.15) is 12.7 Å². The number of carbonyl (C=O) groups excluding carboxylic acids is 2. The summed E-state index contributed by atoms with van der Waals surface area (Å²) in [6, 6.07) is 8.32. The molecule has 24 heavy (non-hydrogen) atoms. The standard InChI is InChI=1S/C15H15ClN4O4/c1-9-7-13(20-23-9)19-15(22)10(2)24-17-8-14(21)18-12-6-4-3-5-11(12)16/h3-8,10H,1-2H3,(H,18,21)(H,19,20,22). The molecule has 0 aliphatic rings. The summed E-state index contributed by atoms with van der Waals surface area (Å²) in [6.07, 6.45) is -0.0146. The van der Waals surface area contributed by atoms with Crippen LogP contribution in [0.25, 0.3) is 0 Å². The average molecular weight is 351 g/mol. The van der Waals surface area contributed by atoms with E-state index in [1.54, 1.807) is 37.3 Å². The first kappa shape index (κ1) is 17.5. The summed E-state index contributed by atoms with van der Waals surface area (Å²) in [5.41, 5.74) is 0.447. The van der Waals surface area contributed by atoms with E-state index in [0.29, 0.717) is 16.5 Å². The molecule has 0 saturated heterocycles. The lowest BCUT2D eigenvalue weighted by Crippen LogP contribution is -2.26. The van der Waals surface area contributed by atoms with E-state index in [2.05, 4.69) is 20.9 Å². The Morgan fingerprint density at radius 1 is 1.38 bits per heavy atom. The molecule has 1 aromatic carbocycles. The van der Waals surface area contributed by atoms with E-state index in [-0.39, 0.29) is 5.82 Å². The summed E-state index contributed by atoms with van der Waals surface area (Å²) in [7, 11) is 0. The third-order valence-electron chi connectivity index (χ3n) is 2.77. The molecular weight excluding hydrogens is 336 g/mol. The molecule has 2 amide bonds. The van der Waals surface area contributed by atoms with E-state index in [0.717, 1.165) is 6.21 Å². The molecule has 2 N–H and O–H groups in total. The summed E-state index contributed by atoms with van der Waals surface area (Å²) in [5.74, 6) is -0.184. The van der Waals surface area contributed by atoms with Crippen molar-refractivity contribution >= 4 is 41.1 Å². The minimum atomic E-state index is -0.925. The van der Waals surface area contributed by atoms with Gasteiger partial charge >= 0.3 is 0 Å². The molecule has 0 radical (unpaired) electrons. The Balaban J connectivity index is 1.80. The van der Waals surface area contributed by atoms with Gasteiger partial charge in [0.25, 0.3) is 11.8 Å². The number of oxime groups is 1. The maximum absolute atomic E-state index is 11.8. The van der Waals surface area contributed by atoms with Crippen LogP contribution in [-0.2, 0) is 14.4 Å². The van der Waals surface area contributed by atoms with Crippen LogP contribution in [-0.4, -0.2) is 29.3 Å². The van der Waals surface area contributed by atoms with Crippen molar-refractivity contribution in [1.29, 1.82) is 0 Å². The number of hydrogen-bond donors (Lipinski definition) is 2. The third kappa shape index (κ3) is 5.10. The lowest BCUT2D eigenvalue weighted by molar-refractivity contribution is -0.126. The number of aryl methyl sites for hydroxylation is 1. The Hall–Kier alpha value is -2.87. The lowest BCUT2D eigenvalue weighted by Gasteiger charge is -2.08. The Kier molecular flexibility index (Phi) is 5.91. The average Bonchev–Trinajstić information content (AvgIpc) is 2.94. The van der Waals surface area contributed by atoms with Crippen molar-refractivity contribution in [2.75, 3.05) is 10.6 Å². The van der Waals surface area contributed by atoms with Gasteiger partial charge in [-0.2, -0.15) is 0 Å². The Morgan fingerprint density at radius 3 is 2.79 bits per heavy atom. The van der Waals surface area contributed by atoms with Crippen LogP contribution in [0.5, 0.6) is 0 Å². The minimum Gasteiger partial charge on any atom is -0.383 e. The van der Waals surface area contributed by atoms with Crippen LogP contribution < -0.4 is 10.6 Å². The van der Waals surface area contributed by atoms with Gasteiger partial charge in [-0.15, -0.1) is 0 Å². The molecule has 9 heteroatoms. The molecule has 0 bridgehead atoms. The molecule has 1 atom stereocenters. The van der Waals surface area contributed by atoms with Crippen LogP contribution in [0.3, 0.4) is 0 Å². The van der Waals surface area contributed by atoms with Crippen molar-refractivity contribution < 1.29 is 18.9 Å². The number of hydrogen-bond acceptors (Lipinski definition) is 6. The van der Waals surface area contributed by atoms with E-state index in [1.165, 1.54) is 6.92 Å². The van der Waals surface area contributed by atoms with Gasteiger partial charge in [0.15, 0.2) is 5.82 Å². The van der Waals surface area contributed by atoms with Crippen molar-refractivity contribution in [3.8, 4) is 0 Å². The topological polar surface area (TPSA) is 106 Å². The zero-order valence-electron chi connectivity index (χ0n) is 12.9. The van der Waals surface area contributed by atoms with Gasteiger partial charge in [0.2, 0.25) is 6.10 Å². The quantitative estimate of drug-likeness (QED) is 0.615. The van der Waals surface area contributed by atoms with Crippen molar-refractivity contribution in [1.82, 2.24) is 5.16 Å². The molecule has 1 unspecified atom stereocenters. The van der Waals surface area contributed by atoms with Crippen LogP contribution in [0.4, 0.5) is 11.5 Å². The van der Waals surface area contributed by atoms with Gasteiger partial charge in [0.05, 0.1) is 10.7 Å². The van der Waals surface area contributed by atoms with Gasteiger partial charge < -0.3 is 20.0 Å². The number of amides is 2. The van der Waals surface area contributed by atoms with Gasteiger partial charge in [-0.25, -0.2) is 0 Å². The molecule has 8 nitrogen and oxygen atoms in total. The summed E-state index contributed by atoms with van der Waals surface area (Å²) in [4.78, 5) is 28.4. The van der Waals surface area contributed by atoms with E-state index in [4.69, 9.17) is 21.0 Å². The molecule has 2 aromatic rings. The Morgan fingerprint density at radius 2 is 2.12 bits per heavy atom. The second-order valence-electron chi connectivity index (χ2n) is 4.76. The Bertz CT molecular complexity index is 759. The summed E-state index contributed by atoms with van der Waals surface area (Å²) in [5, 5.41) is 12.5. The highest BCUT2D eigenvalue weighted by molar-refractivity contribution is 6.36. The molecular formula is C15H15ClN4O4. The molecule has 1 aromatic heterocycles. The van der Waals surface area contributed by atoms with E-state index >= 15 is 0 Å². The highest BCUT2D eigenvalue weighted by atomic mass is 35.5. The molecule has 0 fully saturated rings. The monoisotopic (exact) mass is 350 g/mol. The first-order chi connectivity index (χ1) is 11.5.